The highest BCUT2D eigenvalue weighted by atomic mass is 35.5. The molecule has 19 heavy (non-hydrogen) atoms. The molecule has 0 amide bonds. The van der Waals surface area contributed by atoms with E-state index in [4.69, 9.17) is 16.3 Å². The Labute approximate surface area is 117 Å². The van der Waals surface area contributed by atoms with Gasteiger partial charge in [0.25, 0.3) is 0 Å². The Kier molecular flexibility index (Phi) is 3.49. The summed E-state index contributed by atoms with van der Waals surface area (Å²) in [5.74, 6) is 0.701. The molecule has 2 heterocycles. The third-order valence-electron chi connectivity index (χ3n) is 3.37. The normalized spacial score (nSPS) is 18.7. The summed E-state index contributed by atoms with van der Waals surface area (Å²) in [6.45, 7) is 2.73. The number of hydrogen-bond acceptors (Lipinski definition) is 3. The second-order valence-corrected chi connectivity index (χ2v) is 5.07. The van der Waals surface area contributed by atoms with Gasteiger partial charge in [-0.15, -0.1) is 0 Å². The van der Waals surface area contributed by atoms with Crippen LogP contribution in [0.2, 0.25) is 5.15 Å². The summed E-state index contributed by atoms with van der Waals surface area (Å²) < 4.78 is 5.64. The summed E-state index contributed by atoms with van der Waals surface area (Å²) in [6, 6.07) is 10.0. The van der Waals surface area contributed by atoms with E-state index in [9.17, 15) is 0 Å². The van der Waals surface area contributed by atoms with Crippen LogP contribution in [0.3, 0.4) is 0 Å². The van der Waals surface area contributed by atoms with Crippen molar-refractivity contribution >= 4 is 11.6 Å². The third kappa shape index (κ3) is 2.48. The second kappa shape index (κ2) is 5.27. The first-order valence-electron chi connectivity index (χ1n) is 6.47. The maximum atomic E-state index is 6.24. The lowest BCUT2D eigenvalue weighted by Gasteiger charge is -2.13. The van der Waals surface area contributed by atoms with E-state index >= 15 is 0 Å². The van der Waals surface area contributed by atoms with E-state index in [1.165, 1.54) is 0 Å². The van der Waals surface area contributed by atoms with Gasteiger partial charge in [0.1, 0.15) is 11.3 Å². The van der Waals surface area contributed by atoms with Crippen LogP contribution in [0.4, 0.5) is 0 Å². The van der Waals surface area contributed by atoms with Crippen LogP contribution in [0.5, 0.6) is 0 Å². The van der Waals surface area contributed by atoms with Crippen LogP contribution in [-0.4, -0.2) is 16.6 Å². The molecule has 1 unspecified atom stereocenters. The zero-order valence-corrected chi connectivity index (χ0v) is 11.5. The van der Waals surface area contributed by atoms with Gasteiger partial charge in [-0.2, -0.15) is 0 Å². The lowest BCUT2D eigenvalue weighted by molar-refractivity contribution is 0.105. The van der Waals surface area contributed by atoms with Crippen LogP contribution in [0.25, 0.3) is 11.3 Å². The summed E-state index contributed by atoms with van der Waals surface area (Å²) in [7, 11) is 0. The van der Waals surface area contributed by atoms with E-state index in [-0.39, 0.29) is 6.10 Å². The van der Waals surface area contributed by atoms with Crippen molar-refractivity contribution in [2.24, 2.45) is 0 Å². The molecule has 1 fully saturated rings. The first-order valence-corrected chi connectivity index (χ1v) is 6.84. The Morgan fingerprint density at radius 3 is 2.68 bits per heavy atom. The maximum absolute atomic E-state index is 6.24. The van der Waals surface area contributed by atoms with Gasteiger partial charge in [0.05, 0.1) is 5.69 Å². The predicted molar refractivity (Wildman–Crippen MR) is 75.1 cm³/mol. The van der Waals surface area contributed by atoms with Crippen LogP contribution in [-0.2, 0) is 4.74 Å². The summed E-state index contributed by atoms with van der Waals surface area (Å²) in [5.41, 5.74) is 2.87. The lowest BCUT2D eigenvalue weighted by atomic mass is 10.1. The summed E-state index contributed by atoms with van der Waals surface area (Å²) >= 11 is 6.24. The number of halogens is 1. The average Bonchev–Trinajstić information content (AvgIpc) is 2.97. The summed E-state index contributed by atoms with van der Waals surface area (Å²) in [5, 5.41) is 0.513. The standard InChI is InChI=1S/C15H15ClN2O/c1-10-13(11-6-3-2-4-7-11)17-15(18-14(10)16)12-8-5-9-19-12/h2-4,6-7,12H,5,8-9H2,1H3. The fourth-order valence-electron chi connectivity index (χ4n) is 2.31. The van der Waals surface area contributed by atoms with Gasteiger partial charge < -0.3 is 4.74 Å². The molecule has 98 valence electrons. The van der Waals surface area contributed by atoms with Gasteiger partial charge in [0.2, 0.25) is 0 Å². The zero-order valence-electron chi connectivity index (χ0n) is 10.8. The van der Waals surface area contributed by atoms with E-state index < -0.39 is 0 Å². The van der Waals surface area contributed by atoms with E-state index in [1.54, 1.807) is 0 Å². The minimum absolute atomic E-state index is 0.0134. The molecule has 1 saturated heterocycles. The highest BCUT2D eigenvalue weighted by Crippen LogP contribution is 2.31. The molecular formula is C15H15ClN2O. The Morgan fingerprint density at radius 1 is 1.21 bits per heavy atom. The molecule has 0 aliphatic carbocycles. The van der Waals surface area contributed by atoms with Gasteiger partial charge in [-0.3, -0.25) is 0 Å². The van der Waals surface area contributed by atoms with Crippen LogP contribution in [0, 0.1) is 6.92 Å². The van der Waals surface area contributed by atoms with Gasteiger partial charge >= 0.3 is 0 Å². The number of benzene rings is 1. The quantitative estimate of drug-likeness (QED) is 0.778. The van der Waals surface area contributed by atoms with Crippen LogP contribution >= 0.6 is 11.6 Å². The van der Waals surface area contributed by atoms with Crippen molar-refractivity contribution in [3.63, 3.8) is 0 Å². The van der Waals surface area contributed by atoms with Gasteiger partial charge in [-0.1, -0.05) is 41.9 Å². The molecule has 1 aliphatic rings. The van der Waals surface area contributed by atoms with Gasteiger partial charge in [-0.25, -0.2) is 9.97 Å². The Morgan fingerprint density at radius 2 is 2.00 bits per heavy atom. The monoisotopic (exact) mass is 274 g/mol. The topological polar surface area (TPSA) is 35.0 Å². The molecule has 1 aliphatic heterocycles. The van der Waals surface area contributed by atoms with Crippen molar-refractivity contribution in [2.75, 3.05) is 6.61 Å². The van der Waals surface area contributed by atoms with E-state index in [0.29, 0.717) is 11.0 Å². The largest absolute Gasteiger partial charge is 0.370 e. The molecule has 0 bridgehead atoms. The molecule has 4 heteroatoms. The minimum Gasteiger partial charge on any atom is -0.370 e. The minimum atomic E-state index is -0.0134. The molecule has 2 aromatic rings. The van der Waals surface area contributed by atoms with E-state index in [2.05, 4.69) is 9.97 Å². The number of nitrogens with zero attached hydrogens (tertiary/aromatic N) is 2. The maximum Gasteiger partial charge on any atom is 0.159 e. The summed E-state index contributed by atoms with van der Waals surface area (Å²) in [4.78, 5) is 9.04. The molecule has 0 N–H and O–H groups in total. The number of hydrogen-bond donors (Lipinski definition) is 0. The molecule has 3 rings (SSSR count). The second-order valence-electron chi connectivity index (χ2n) is 4.71. The SMILES string of the molecule is Cc1c(Cl)nc(C2CCCO2)nc1-c1ccccc1. The average molecular weight is 275 g/mol. The van der Waals surface area contributed by atoms with E-state index in [0.717, 1.165) is 36.3 Å². The molecule has 1 aromatic carbocycles. The van der Waals surface area contributed by atoms with E-state index in [1.807, 2.05) is 37.3 Å². The third-order valence-corrected chi connectivity index (χ3v) is 3.74. The first-order chi connectivity index (χ1) is 9.25. The Bertz CT molecular complexity index is 580. The van der Waals surface area contributed by atoms with Crippen LogP contribution < -0.4 is 0 Å². The molecule has 0 saturated carbocycles. The fourth-order valence-corrected chi connectivity index (χ4v) is 2.48. The zero-order chi connectivity index (χ0) is 13.2. The lowest BCUT2D eigenvalue weighted by Crippen LogP contribution is -2.06. The predicted octanol–water partition coefficient (Wildman–Crippen LogP) is 3.96. The number of aromatic nitrogens is 2. The molecule has 0 radical (unpaired) electrons. The van der Waals surface area contributed by atoms with Crippen molar-refractivity contribution in [1.29, 1.82) is 0 Å². The molecule has 1 atom stereocenters. The van der Waals surface area contributed by atoms with Gasteiger partial charge in [0.15, 0.2) is 5.82 Å². The molecule has 3 nitrogen and oxygen atoms in total. The van der Waals surface area contributed by atoms with Crippen LogP contribution in [0.15, 0.2) is 30.3 Å². The van der Waals surface area contributed by atoms with Gasteiger partial charge in [-0.05, 0) is 19.8 Å². The van der Waals surface area contributed by atoms with Crippen molar-refractivity contribution in [2.45, 2.75) is 25.9 Å². The highest BCUT2D eigenvalue weighted by molar-refractivity contribution is 6.30. The molecule has 0 spiro atoms. The van der Waals surface area contributed by atoms with Crippen molar-refractivity contribution in [3.8, 4) is 11.3 Å². The first kappa shape index (κ1) is 12.6. The molecular weight excluding hydrogens is 260 g/mol. The van der Waals surface area contributed by atoms with Gasteiger partial charge in [0, 0.05) is 17.7 Å². The smallest absolute Gasteiger partial charge is 0.159 e. The highest BCUT2D eigenvalue weighted by Gasteiger charge is 2.22. The van der Waals surface area contributed by atoms with Crippen molar-refractivity contribution in [3.05, 3.63) is 46.9 Å². The Hall–Kier alpha value is -1.45. The Balaban J connectivity index is 2.08. The van der Waals surface area contributed by atoms with Crippen molar-refractivity contribution < 1.29 is 4.74 Å². The molecule has 1 aromatic heterocycles. The van der Waals surface area contributed by atoms with Crippen molar-refractivity contribution in [1.82, 2.24) is 9.97 Å². The van der Waals surface area contributed by atoms with Crippen LogP contribution in [0.1, 0.15) is 30.3 Å². The summed E-state index contributed by atoms with van der Waals surface area (Å²) in [6.07, 6.45) is 2.01. The number of rotatable bonds is 2. The number of ether oxygens (including phenoxy) is 1. The fraction of sp³-hybridized carbons (Fsp3) is 0.333.